The second-order valence-electron chi connectivity index (χ2n) is 4.84. The number of nitrogens with two attached hydrogens (primary N) is 1. The van der Waals surface area contributed by atoms with E-state index in [0.717, 1.165) is 17.0 Å². The summed E-state index contributed by atoms with van der Waals surface area (Å²) in [6.45, 7) is 3.04. The highest BCUT2D eigenvalue weighted by Gasteiger charge is 2.16. The molecule has 0 fully saturated rings. The van der Waals surface area contributed by atoms with E-state index < -0.39 is 0 Å². The molecule has 1 atom stereocenters. The number of ether oxygens (including phenoxy) is 1. The van der Waals surface area contributed by atoms with Crippen molar-refractivity contribution < 1.29 is 9.13 Å². The van der Waals surface area contributed by atoms with Gasteiger partial charge in [0, 0.05) is 19.3 Å². The second kappa shape index (κ2) is 7.09. The number of halogens is 1. The van der Waals surface area contributed by atoms with Crippen LogP contribution < -0.4 is 15.4 Å². The fourth-order valence-corrected chi connectivity index (χ4v) is 2.35. The van der Waals surface area contributed by atoms with E-state index in [-0.39, 0.29) is 11.9 Å². The Morgan fingerprint density at radius 2 is 1.90 bits per heavy atom. The van der Waals surface area contributed by atoms with Gasteiger partial charge in [-0.15, -0.1) is 0 Å². The average Bonchev–Trinajstić information content (AvgIpc) is 2.50. The predicted octanol–water partition coefficient (Wildman–Crippen LogP) is 3.36. The van der Waals surface area contributed by atoms with Crippen molar-refractivity contribution >= 4 is 5.69 Å². The summed E-state index contributed by atoms with van der Waals surface area (Å²) >= 11 is 0. The van der Waals surface area contributed by atoms with E-state index >= 15 is 0 Å². The number of likely N-dealkylation sites (N-methyl/N-ethyl adjacent to an activating group) is 1. The fourth-order valence-electron chi connectivity index (χ4n) is 2.35. The summed E-state index contributed by atoms with van der Waals surface area (Å²) in [5.74, 6) is 0.590. The monoisotopic (exact) mass is 288 g/mol. The van der Waals surface area contributed by atoms with Crippen LogP contribution in [0.1, 0.15) is 18.5 Å². The van der Waals surface area contributed by atoms with Crippen molar-refractivity contribution in [2.45, 2.75) is 13.0 Å². The molecule has 2 rings (SSSR count). The summed E-state index contributed by atoms with van der Waals surface area (Å²) in [5, 5.41) is 0. The number of nitrogens with zero attached hydrogens (tertiary/aromatic N) is 1. The molecule has 0 saturated heterocycles. The maximum atomic E-state index is 13.4. The molecule has 0 aliphatic carbocycles. The van der Waals surface area contributed by atoms with Gasteiger partial charge in [0.1, 0.15) is 11.6 Å². The third-order valence-corrected chi connectivity index (χ3v) is 3.48. The molecule has 0 aliphatic rings. The van der Waals surface area contributed by atoms with Crippen molar-refractivity contribution in [3.05, 3.63) is 59.9 Å². The lowest BCUT2D eigenvalue weighted by molar-refractivity contribution is 0.340. The zero-order chi connectivity index (χ0) is 15.2. The Morgan fingerprint density at radius 1 is 1.19 bits per heavy atom. The van der Waals surface area contributed by atoms with Crippen LogP contribution in [-0.2, 0) is 0 Å². The zero-order valence-electron chi connectivity index (χ0n) is 12.4. The highest BCUT2D eigenvalue weighted by molar-refractivity contribution is 5.48. The molecule has 3 nitrogen and oxygen atoms in total. The predicted molar refractivity (Wildman–Crippen MR) is 84.2 cm³/mol. The van der Waals surface area contributed by atoms with Gasteiger partial charge in [0.15, 0.2) is 0 Å². The minimum Gasteiger partial charge on any atom is -0.494 e. The van der Waals surface area contributed by atoms with Crippen molar-refractivity contribution in [2.75, 3.05) is 25.1 Å². The fraction of sp³-hybridized carbons (Fsp3) is 0.294. The SMILES string of the molecule is CCOc1ccc(C(CN)N(C)c2cccc(F)c2)cc1. The molecule has 0 radical (unpaired) electrons. The van der Waals surface area contributed by atoms with Gasteiger partial charge < -0.3 is 15.4 Å². The molecule has 4 heteroatoms. The summed E-state index contributed by atoms with van der Waals surface area (Å²) in [6.07, 6.45) is 0. The lowest BCUT2D eigenvalue weighted by atomic mass is 10.0. The average molecular weight is 288 g/mol. The maximum Gasteiger partial charge on any atom is 0.125 e. The number of hydrogen-bond donors (Lipinski definition) is 1. The van der Waals surface area contributed by atoms with Crippen LogP contribution in [0.5, 0.6) is 5.75 Å². The molecular weight excluding hydrogens is 267 g/mol. The van der Waals surface area contributed by atoms with Crippen LogP contribution in [0.2, 0.25) is 0 Å². The quantitative estimate of drug-likeness (QED) is 0.886. The van der Waals surface area contributed by atoms with Gasteiger partial charge in [0.25, 0.3) is 0 Å². The summed E-state index contributed by atoms with van der Waals surface area (Å²) < 4.78 is 18.8. The molecule has 1 unspecified atom stereocenters. The molecule has 21 heavy (non-hydrogen) atoms. The third kappa shape index (κ3) is 3.73. The number of benzene rings is 2. The van der Waals surface area contributed by atoms with Crippen LogP contribution in [0.15, 0.2) is 48.5 Å². The van der Waals surface area contributed by atoms with Crippen molar-refractivity contribution in [1.82, 2.24) is 0 Å². The van der Waals surface area contributed by atoms with E-state index in [4.69, 9.17) is 10.5 Å². The lowest BCUT2D eigenvalue weighted by Gasteiger charge is -2.29. The third-order valence-electron chi connectivity index (χ3n) is 3.48. The van der Waals surface area contributed by atoms with Crippen LogP contribution in [0.3, 0.4) is 0 Å². The largest absolute Gasteiger partial charge is 0.494 e. The van der Waals surface area contributed by atoms with Gasteiger partial charge in [0.2, 0.25) is 0 Å². The summed E-state index contributed by atoms with van der Waals surface area (Å²) in [5.41, 5.74) is 7.79. The van der Waals surface area contributed by atoms with Crippen LogP contribution in [0.4, 0.5) is 10.1 Å². The standard InChI is InChI=1S/C17H21FN2O/c1-3-21-16-9-7-13(8-10-16)17(12-19)20(2)15-6-4-5-14(18)11-15/h4-11,17H,3,12,19H2,1-2H3. The van der Waals surface area contributed by atoms with Crippen molar-refractivity contribution in [1.29, 1.82) is 0 Å². The minimum absolute atomic E-state index is 0.0116. The van der Waals surface area contributed by atoms with Crippen molar-refractivity contribution in [3.63, 3.8) is 0 Å². The van der Waals surface area contributed by atoms with Crippen molar-refractivity contribution in [2.24, 2.45) is 5.73 Å². The first-order valence-electron chi connectivity index (χ1n) is 7.07. The van der Waals surface area contributed by atoms with Gasteiger partial charge in [-0.05, 0) is 42.8 Å². The first kappa shape index (κ1) is 15.3. The van der Waals surface area contributed by atoms with Gasteiger partial charge in [-0.2, -0.15) is 0 Å². The number of hydrogen-bond acceptors (Lipinski definition) is 3. The molecule has 0 saturated carbocycles. The van der Waals surface area contributed by atoms with E-state index in [9.17, 15) is 4.39 Å². The Balaban J connectivity index is 2.22. The zero-order valence-corrected chi connectivity index (χ0v) is 12.4. The molecule has 0 heterocycles. The second-order valence-corrected chi connectivity index (χ2v) is 4.84. The van der Waals surface area contributed by atoms with E-state index in [0.29, 0.717) is 13.2 Å². The molecule has 112 valence electrons. The van der Waals surface area contributed by atoms with E-state index in [2.05, 4.69) is 0 Å². The Kier molecular flexibility index (Phi) is 5.17. The Hall–Kier alpha value is -2.07. The first-order valence-corrected chi connectivity index (χ1v) is 7.07. The molecule has 2 aromatic rings. The Labute approximate surface area is 125 Å². The van der Waals surface area contributed by atoms with Gasteiger partial charge in [-0.25, -0.2) is 4.39 Å². The molecule has 0 spiro atoms. The normalized spacial score (nSPS) is 12.0. The highest BCUT2D eigenvalue weighted by atomic mass is 19.1. The topological polar surface area (TPSA) is 38.5 Å². The molecule has 0 amide bonds. The molecule has 0 bridgehead atoms. The Bertz CT molecular complexity index is 571. The summed E-state index contributed by atoms with van der Waals surface area (Å²) in [4.78, 5) is 1.98. The van der Waals surface area contributed by atoms with Gasteiger partial charge in [-0.3, -0.25) is 0 Å². The molecule has 0 aromatic heterocycles. The summed E-state index contributed by atoms with van der Waals surface area (Å²) in [6, 6.07) is 14.4. The van der Waals surface area contributed by atoms with Crippen LogP contribution in [0.25, 0.3) is 0 Å². The van der Waals surface area contributed by atoms with Crippen molar-refractivity contribution in [3.8, 4) is 5.75 Å². The molecular formula is C17H21FN2O. The molecule has 0 aliphatic heterocycles. The molecule has 2 N–H and O–H groups in total. The highest BCUT2D eigenvalue weighted by Crippen LogP contribution is 2.26. The lowest BCUT2D eigenvalue weighted by Crippen LogP contribution is -2.30. The van der Waals surface area contributed by atoms with E-state index in [1.807, 2.05) is 49.2 Å². The number of anilines is 1. The van der Waals surface area contributed by atoms with E-state index in [1.165, 1.54) is 12.1 Å². The van der Waals surface area contributed by atoms with Gasteiger partial charge in [0.05, 0.1) is 12.6 Å². The number of rotatable bonds is 6. The van der Waals surface area contributed by atoms with Crippen LogP contribution in [0, 0.1) is 5.82 Å². The Morgan fingerprint density at radius 3 is 2.48 bits per heavy atom. The maximum absolute atomic E-state index is 13.4. The van der Waals surface area contributed by atoms with E-state index in [1.54, 1.807) is 6.07 Å². The van der Waals surface area contributed by atoms with Gasteiger partial charge >= 0.3 is 0 Å². The smallest absolute Gasteiger partial charge is 0.125 e. The summed E-state index contributed by atoms with van der Waals surface area (Å²) in [7, 11) is 1.92. The van der Waals surface area contributed by atoms with Gasteiger partial charge in [-0.1, -0.05) is 18.2 Å². The van der Waals surface area contributed by atoms with Crippen LogP contribution >= 0.6 is 0 Å². The first-order chi connectivity index (χ1) is 10.2. The minimum atomic E-state index is -0.248. The van der Waals surface area contributed by atoms with Crippen LogP contribution in [-0.4, -0.2) is 20.2 Å². The molecule has 2 aromatic carbocycles.